The Kier molecular flexibility index (Phi) is 8.48. The third-order valence-corrected chi connectivity index (χ3v) is 6.50. The Morgan fingerprint density at radius 2 is 1.80 bits per heavy atom. The van der Waals surface area contributed by atoms with Gasteiger partial charge in [-0.1, -0.05) is 38.8 Å². The van der Waals surface area contributed by atoms with E-state index >= 15 is 0 Å². The first kappa shape index (κ1) is 24.4. The Labute approximate surface area is 182 Å². The number of benzene rings is 1. The highest BCUT2D eigenvalue weighted by atomic mass is 16.3. The van der Waals surface area contributed by atoms with Crippen molar-refractivity contribution < 1.29 is 14.7 Å². The fraction of sp³-hybridized carbons (Fsp3) is 0.680. The predicted octanol–water partition coefficient (Wildman–Crippen LogP) is 4.50. The lowest BCUT2D eigenvalue weighted by atomic mass is 9.70. The molecule has 168 valence electrons. The monoisotopic (exact) mass is 416 g/mol. The standard InChI is InChI=1S/C14H21NO.C11H19NO2/c1-14(2)10-15(3)9-8-13(14)11-4-6-12(16)7-5-11;1-11(2,7-8-13)12-10(14)9-5-3-4-6-9/h4-7,13,16H,8-10H2,1-3H3;8-9H,3-7H2,1-2H3,(H,12,14). The van der Waals surface area contributed by atoms with Crippen LogP contribution in [0.5, 0.6) is 5.75 Å². The first-order valence-corrected chi connectivity index (χ1v) is 11.3. The molecule has 0 radical (unpaired) electrons. The van der Waals surface area contributed by atoms with E-state index in [1.54, 1.807) is 12.1 Å². The predicted molar refractivity (Wildman–Crippen MR) is 122 cm³/mol. The highest BCUT2D eigenvalue weighted by molar-refractivity contribution is 5.80. The van der Waals surface area contributed by atoms with Crippen LogP contribution in [0.2, 0.25) is 0 Å². The molecule has 3 rings (SSSR count). The quantitative estimate of drug-likeness (QED) is 0.694. The first-order chi connectivity index (χ1) is 14.0. The molecule has 1 amide bonds. The van der Waals surface area contributed by atoms with Crippen molar-refractivity contribution in [3.63, 3.8) is 0 Å². The van der Waals surface area contributed by atoms with Crippen LogP contribution in [-0.2, 0) is 9.59 Å². The van der Waals surface area contributed by atoms with Crippen LogP contribution in [0, 0.1) is 11.3 Å². The van der Waals surface area contributed by atoms with Crippen LogP contribution in [0.15, 0.2) is 24.3 Å². The van der Waals surface area contributed by atoms with E-state index < -0.39 is 0 Å². The molecule has 1 aromatic carbocycles. The first-order valence-electron chi connectivity index (χ1n) is 11.3. The van der Waals surface area contributed by atoms with E-state index in [1.807, 2.05) is 13.8 Å². The lowest BCUT2D eigenvalue weighted by molar-refractivity contribution is -0.126. The molecule has 0 bridgehead atoms. The number of aromatic hydroxyl groups is 1. The number of hydrogen-bond donors (Lipinski definition) is 2. The zero-order chi connectivity index (χ0) is 22.4. The Bertz CT molecular complexity index is 691. The van der Waals surface area contributed by atoms with Crippen molar-refractivity contribution >= 4 is 12.2 Å². The number of phenols is 1. The summed E-state index contributed by atoms with van der Waals surface area (Å²) in [6, 6.07) is 7.72. The molecule has 1 aliphatic carbocycles. The summed E-state index contributed by atoms with van der Waals surface area (Å²) in [7, 11) is 2.19. The summed E-state index contributed by atoms with van der Waals surface area (Å²) in [5, 5.41) is 12.2. The van der Waals surface area contributed by atoms with E-state index in [-0.39, 0.29) is 17.4 Å². The molecule has 5 nitrogen and oxygen atoms in total. The summed E-state index contributed by atoms with van der Waals surface area (Å²) in [6.07, 6.45) is 6.76. The lowest BCUT2D eigenvalue weighted by Gasteiger charge is -2.43. The van der Waals surface area contributed by atoms with E-state index in [1.165, 1.54) is 12.0 Å². The SMILES string of the molecule is CC(C)(CC=O)NC(=O)C1CCCC1.CN1CCC(c2ccc(O)cc2)C(C)(C)C1. The van der Waals surface area contributed by atoms with Gasteiger partial charge in [0.25, 0.3) is 0 Å². The van der Waals surface area contributed by atoms with E-state index in [0.717, 1.165) is 45.1 Å². The average Bonchev–Trinajstić information content (AvgIpc) is 3.17. The van der Waals surface area contributed by atoms with Crippen molar-refractivity contribution in [3.8, 4) is 5.75 Å². The molecule has 30 heavy (non-hydrogen) atoms. The molecule has 2 N–H and O–H groups in total. The number of piperidine rings is 1. The summed E-state index contributed by atoms with van der Waals surface area (Å²) in [6.45, 7) is 10.7. The minimum atomic E-state index is -0.387. The normalized spacial score (nSPS) is 22.1. The molecule has 1 saturated carbocycles. The van der Waals surface area contributed by atoms with Crippen molar-refractivity contribution in [2.45, 2.75) is 77.7 Å². The second-order valence-corrected chi connectivity index (χ2v) is 10.4. The topological polar surface area (TPSA) is 69.6 Å². The zero-order valence-electron chi connectivity index (χ0n) is 19.4. The third-order valence-electron chi connectivity index (χ3n) is 6.50. The molecule has 0 aromatic heterocycles. The Hall–Kier alpha value is -1.88. The van der Waals surface area contributed by atoms with Gasteiger partial charge in [0.15, 0.2) is 0 Å². The second kappa shape index (κ2) is 10.4. The number of aldehydes is 1. The maximum absolute atomic E-state index is 11.7. The van der Waals surface area contributed by atoms with Crippen LogP contribution in [0.4, 0.5) is 0 Å². The minimum absolute atomic E-state index is 0.120. The van der Waals surface area contributed by atoms with Crippen LogP contribution >= 0.6 is 0 Å². The van der Waals surface area contributed by atoms with Crippen molar-refractivity contribution in [2.75, 3.05) is 20.1 Å². The highest BCUT2D eigenvalue weighted by Crippen LogP contribution is 2.41. The minimum Gasteiger partial charge on any atom is -0.508 e. The van der Waals surface area contributed by atoms with Gasteiger partial charge in [-0.05, 0) is 75.7 Å². The molecule has 2 aliphatic rings. The van der Waals surface area contributed by atoms with Gasteiger partial charge in [0.2, 0.25) is 5.91 Å². The molecule has 2 fully saturated rings. The number of nitrogens with zero attached hydrogens (tertiary/aromatic N) is 1. The molecule has 1 aromatic rings. The molecular weight excluding hydrogens is 376 g/mol. The van der Waals surface area contributed by atoms with Crippen LogP contribution in [0.3, 0.4) is 0 Å². The van der Waals surface area contributed by atoms with Gasteiger partial charge in [-0.15, -0.1) is 0 Å². The largest absolute Gasteiger partial charge is 0.508 e. The molecular formula is C25H40N2O3. The highest BCUT2D eigenvalue weighted by Gasteiger charge is 2.35. The van der Waals surface area contributed by atoms with Crippen molar-refractivity contribution in [1.82, 2.24) is 10.2 Å². The second-order valence-electron chi connectivity index (χ2n) is 10.4. The number of likely N-dealkylation sites (tertiary alicyclic amines) is 1. The van der Waals surface area contributed by atoms with Crippen molar-refractivity contribution in [1.29, 1.82) is 0 Å². The van der Waals surface area contributed by atoms with E-state index in [2.05, 4.69) is 43.2 Å². The summed E-state index contributed by atoms with van der Waals surface area (Å²) in [4.78, 5) is 24.5. The van der Waals surface area contributed by atoms with Crippen molar-refractivity contribution in [3.05, 3.63) is 29.8 Å². The van der Waals surface area contributed by atoms with E-state index in [0.29, 0.717) is 23.5 Å². The van der Waals surface area contributed by atoms with Crippen LogP contribution in [0.1, 0.15) is 77.7 Å². The van der Waals surface area contributed by atoms with Crippen LogP contribution in [0.25, 0.3) is 0 Å². The number of nitrogens with one attached hydrogen (secondary N) is 1. The van der Waals surface area contributed by atoms with Gasteiger partial charge < -0.3 is 20.1 Å². The number of carbonyl (C=O) groups excluding carboxylic acids is 2. The summed E-state index contributed by atoms with van der Waals surface area (Å²) in [5.74, 6) is 1.26. The molecule has 1 saturated heterocycles. The zero-order valence-corrected chi connectivity index (χ0v) is 19.4. The number of rotatable bonds is 5. The Balaban J connectivity index is 0.000000216. The van der Waals surface area contributed by atoms with Gasteiger partial charge in [0, 0.05) is 24.4 Å². The van der Waals surface area contributed by atoms with E-state index in [9.17, 15) is 14.7 Å². The maximum atomic E-state index is 11.7. The van der Waals surface area contributed by atoms with Gasteiger partial charge in [-0.25, -0.2) is 0 Å². The van der Waals surface area contributed by atoms with Crippen molar-refractivity contribution in [2.24, 2.45) is 11.3 Å². The number of amides is 1. The van der Waals surface area contributed by atoms with Gasteiger partial charge in [-0.3, -0.25) is 4.79 Å². The number of carbonyl (C=O) groups is 2. The van der Waals surface area contributed by atoms with Crippen LogP contribution in [-0.4, -0.2) is 47.9 Å². The van der Waals surface area contributed by atoms with Gasteiger partial charge in [0.05, 0.1) is 0 Å². The van der Waals surface area contributed by atoms with Gasteiger partial charge >= 0.3 is 0 Å². The lowest BCUT2D eigenvalue weighted by Crippen LogP contribution is -2.45. The molecule has 1 unspecified atom stereocenters. The summed E-state index contributed by atoms with van der Waals surface area (Å²) < 4.78 is 0. The molecule has 1 aliphatic heterocycles. The average molecular weight is 417 g/mol. The molecule has 5 heteroatoms. The molecule has 0 spiro atoms. The Morgan fingerprint density at radius 1 is 1.20 bits per heavy atom. The number of phenolic OH excluding ortho intramolecular Hbond substituents is 1. The number of hydrogen-bond acceptors (Lipinski definition) is 4. The van der Waals surface area contributed by atoms with Gasteiger partial charge in [0.1, 0.15) is 12.0 Å². The summed E-state index contributed by atoms with van der Waals surface area (Å²) >= 11 is 0. The molecule has 1 heterocycles. The van der Waals surface area contributed by atoms with Gasteiger partial charge in [-0.2, -0.15) is 0 Å². The van der Waals surface area contributed by atoms with E-state index in [4.69, 9.17) is 0 Å². The fourth-order valence-electron chi connectivity index (χ4n) is 4.83. The summed E-state index contributed by atoms with van der Waals surface area (Å²) in [5.41, 5.74) is 1.28. The maximum Gasteiger partial charge on any atom is 0.223 e. The Morgan fingerprint density at radius 3 is 2.33 bits per heavy atom. The molecule has 1 atom stereocenters. The van der Waals surface area contributed by atoms with Crippen LogP contribution < -0.4 is 5.32 Å². The smallest absolute Gasteiger partial charge is 0.223 e. The fourth-order valence-corrected chi connectivity index (χ4v) is 4.83. The third kappa shape index (κ3) is 7.12.